The van der Waals surface area contributed by atoms with Crippen LogP contribution >= 0.6 is 11.8 Å². The maximum atomic E-state index is 5.32. The van der Waals surface area contributed by atoms with Crippen molar-refractivity contribution >= 4 is 11.8 Å². The summed E-state index contributed by atoms with van der Waals surface area (Å²) in [6, 6.07) is 7.46. The van der Waals surface area contributed by atoms with E-state index < -0.39 is 0 Å². The third-order valence-corrected chi connectivity index (χ3v) is 4.13. The molecule has 0 aliphatic heterocycles. The Kier molecular flexibility index (Phi) is 4.52. The molecule has 0 atom stereocenters. The maximum Gasteiger partial charge on any atom is 0.257 e. The lowest BCUT2D eigenvalue weighted by molar-refractivity contribution is 0.321. The third-order valence-electron chi connectivity index (χ3n) is 3.21. The Hall–Kier alpha value is -2.42. The van der Waals surface area contributed by atoms with Crippen molar-refractivity contribution in [2.75, 3.05) is 7.11 Å². The van der Waals surface area contributed by atoms with Gasteiger partial charge < -0.3 is 9.26 Å². The number of hydrogen-bond donors (Lipinski definition) is 0. The Morgan fingerprint density at radius 1 is 1.21 bits per heavy atom. The van der Waals surface area contributed by atoms with Gasteiger partial charge in [0, 0.05) is 5.56 Å². The van der Waals surface area contributed by atoms with Crippen molar-refractivity contribution in [2.45, 2.75) is 37.2 Å². The van der Waals surface area contributed by atoms with Crippen LogP contribution in [-0.2, 0) is 11.3 Å². The van der Waals surface area contributed by atoms with E-state index in [4.69, 9.17) is 9.26 Å². The molecule has 2 aromatic heterocycles. The summed E-state index contributed by atoms with van der Waals surface area (Å²) in [5.74, 6) is 2.37. The fraction of sp³-hybridized carbons (Fsp3) is 0.400. The number of methoxy groups -OCH3 is 1. The van der Waals surface area contributed by atoms with Crippen LogP contribution in [0, 0.1) is 0 Å². The first-order chi connectivity index (χ1) is 11.5. The van der Waals surface area contributed by atoms with Gasteiger partial charge in [0.1, 0.15) is 5.75 Å². The predicted octanol–water partition coefficient (Wildman–Crippen LogP) is 2.78. The summed E-state index contributed by atoms with van der Waals surface area (Å²) >= 11 is 1.47. The second kappa shape index (κ2) is 6.60. The van der Waals surface area contributed by atoms with Gasteiger partial charge in [0.15, 0.2) is 5.82 Å². The normalized spacial score (nSPS) is 11.7. The minimum absolute atomic E-state index is 0.183. The molecule has 0 radical (unpaired) electrons. The first kappa shape index (κ1) is 16.4. The average molecular weight is 346 g/mol. The molecule has 0 saturated carbocycles. The Morgan fingerprint density at radius 3 is 2.62 bits per heavy atom. The van der Waals surface area contributed by atoms with Crippen molar-refractivity contribution in [3.63, 3.8) is 0 Å². The van der Waals surface area contributed by atoms with Crippen molar-refractivity contribution in [1.82, 2.24) is 30.3 Å². The van der Waals surface area contributed by atoms with Crippen LogP contribution in [0.5, 0.6) is 5.75 Å². The number of tetrazole rings is 1. The molecular formula is C15H18N6O2S. The number of hydrogen-bond acceptors (Lipinski definition) is 8. The molecule has 0 unspecified atom stereocenters. The van der Waals surface area contributed by atoms with Gasteiger partial charge in [0.25, 0.3) is 5.89 Å². The zero-order valence-electron chi connectivity index (χ0n) is 13.9. The molecule has 0 N–H and O–H groups in total. The Balaban J connectivity index is 1.69. The fourth-order valence-electron chi connectivity index (χ4n) is 1.98. The molecule has 0 fully saturated rings. The highest BCUT2D eigenvalue weighted by molar-refractivity contribution is 7.98. The maximum absolute atomic E-state index is 5.32. The largest absolute Gasteiger partial charge is 0.497 e. The fourth-order valence-corrected chi connectivity index (χ4v) is 2.88. The van der Waals surface area contributed by atoms with E-state index in [1.807, 2.05) is 45.0 Å². The van der Waals surface area contributed by atoms with Gasteiger partial charge in [-0.1, -0.05) is 16.9 Å². The van der Waals surface area contributed by atoms with Crippen LogP contribution in [-0.4, -0.2) is 37.5 Å². The van der Waals surface area contributed by atoms with Gasteiger partial charge in [-0.2, -0.15) is 4.98 Å². The molecule has 9 heteroatoms. The number of thioether (sulfide) groups is 1. The Morgan fingerprint density at radius 2 is 1.96 bits per heavy atom. The van der Waals surface area contributed by atoms with Crippen LogP contribution in [0.4, 0.5) is 0 Å². The first-order valence-electron chi connectivity index (χ1n) is 7.36. The van der Waals surface area contributed by atoms with E-state index in [2.05, 4.69) is 25.7 Å². The van der Waals surface area contributed by atoms with E-state index in [-0.39, 0.29) is 5.54 Å². The lowest BCUT2D eigenvalue weighted by Crippen LogP contribution is -2.24. The highest BCUT2D eigenvalue weighted by atomic mass is 32.2. The summed E-state index contributed by atoms with van der Waals surface area (Å²) < 4.78 is 12.2. The van der Waals surface area contributed by atoms with E-state index in [0.29, 0.717) is 17.5 Å². The van der Waals surface area contributed by atoms with Gasteiger partial charge in [-0.15, -0.1) is 5.10 Å². The number of benzene rings is 1. The van der Waals surface area contributed by atoms with Gasteiger partial charge in [-0.05, 0) is 55.5 Å². The summed E-state index contributed by atoms with van der Waals surface area (Å²) in [6.07, 6.45) is 0. The van der Waals surface area contributed by atoms with Gasteiger partial charge >= 0.3 is 0 Å². The van der Waals surface area contributed by atoms with Crippen molar-refractivity contribution in [1.29, 1.82) is 0 Å². The van der Waals surface area contributed by atoms with Crippen LogP contribution in [0.1, 0.15) is 26.6 Å². The molecule has 0 aliphatic carbocycles. The van der Waals surface area contributed by atoms with Gasteiger partial charge in [-0.25, -0.2) is 4.68 Å². The zero-order chi connectivity index (χ0) is 17.2. The molecule has 0 amide bonds. The molecule has 24 heavy (non-hydrogen) atoms. The number of rotatable bonds is 5. The van der Waals surface area contributed by atoms with Gasteiger partial charge in [0.2, 0.25) is 5.16 Å². The quantitative estimate of drug-likeness (QED) is 0.651. The van der Waals surface area contributed by atoms with Crippen molar-refractivity contribution in [3.05, 3.63) is 30.1 Å². The summed E-state index contributed by atoms with van der Waals surface area (Å²) in [5, 5.41) is 16.5. The standard InChI is InChI=1S/C15H18N6O2S/c1-15(2,3)21-14(17-19-20-21)24-9-12-16-13(23-18-12)10-5-7-11(22-4)8-6-10/h5-8H,9H2,1-4H3. The van der Waals surface area contributed by atoms with Crippen molar-refractivity contribution in [2.24, 2.45) is 0 Å². The second-order valence-corrected chi connectivity index (χ2v) is 7.02. The third kappa shape index (κ3) is 3.56. The molecule has 8 nitrogen and oxygen atoms in total. The summed E-state index contributed by atoms with van der Waals surface area (Å²) in [7, 11) is 1.63. The topological polar surface area (TPSA) is 91.8 Å². The first-order valence-corrected chi connectivity index (χ1v) is 8.34. The highest BCUT2D eigenvalue weighted by Gasteiger charge is 2.20. The summed E-state index contributed by atoms with van der Waals surface area (Å²) in [5.41, 5.74) is 0.663. The predicted molar refractivity (Wildman–Crippen MR) is 88.7 cm³/mol. The van der Waals surface area contributed by atoms with Crippen molar-refractivity contribution < 1.29 is 9.26 Å². The SMILES string of the molecule is COc1ccc(-c2nc(CSc3nnnn3C(C)(C)C)no2)cc1. The molecule has 0 aliphatic rings. The van der Waals surface area contributed by atoms with Crippen LogP contribution in [0.3, 0.4) is 0 Å². The molecule has 3 aromatic rings. The molecule has 126 valence electrons. The van der Waals surface area contributed by atoms with E-state index in [1.165, 1.54) is 11.8 Å². The Bertz CT molecular complexity index is 806. The van der Waals surface area contributed by atoms with E-state index >= 15 is 0 Å². The van der Waals surface area contributed by atoms with Gasteiger partial charge in [0.05, 0.1) is 18.4 Å². The van der Waals surface area contributed by atoms with Crippen LogP contribution in [0.25, 0.3) is 11.5 Å². The molecule has 0 spiro atoms. The zero-order valence-corrected chi connectivity index (χ0v) is 14.7. The molecule has 0 saturated heterocycles. The van der Waals surface area contributed by atoms with Gasteiger partial charge in [-0.3, -0.25) is 0 Å². The van der Waals surface area contributed by atoms with Crippen LogP contribution < -0.4 is 4.74 Å². The van der Waals surface area contributed by atoms with Crippen LogP contribution in [0.2, 0.25) is 0 Å². The molecule has 2 heterocycles. The summed E-state index contributed by atoms with van der Waals surface area (Å²) in [4.78, 5) is 4.41. The van der Waals surface area contributed by atoms with E-state index in [0.717, 1.165) is 16.5 Å². The van der Waals surface area contributed by atoms with E-state index in [1.54, 1.807) is 11.8 Å². The monoisotopic (exact) mass is 346 g/mol. The number of ether oxygens (including phenoxy) is 1. The van der Waals surface area contributed by atoms with Crippen molar-refractivity contribution in [3.8, 4) is 17.2 Å². The van der Waals surface area contributed by atoms with E-state index in [9.17, 15) is 0 Å². The Labute approximate surface area is 143 Å². The molecule has 0 bridgehead atoms. The average Bonchev–Trinajstić information content (AvgIpc) is 3.21. The molecule has 1 aromatic carbocycles. The molecular weight excluding hydrogens is 328 g/mol. The second-order valence-electron chi connectivity index (χ2n) is 6.08. The smallest absolute Gasteiger partial charge is 0.257 e. The number of nitrogens with zero attached hydrogens (tertiary/aromatic N) is 6. The summed E-state index contributed by atoms with van der Waals surface area (Å²) in [6.45, 7) is 6.14. The lowest BCUT2D eigenvalue weighted by Gasteiger charge is -2.19. The minimum Gasteiger partial charge on any atom is -0.497 e. The molecule has 3 rings (SSSR count). The minimum atomic E-state index is -0.183. The number of aromatic nitrogens is 6. The lowest BCUT2D eigenvalue weighted by atomic mass is 10.1. The highest BCUT2D eigenvalue weighted by Crippen LogP contribution is 2.25. The van der Waals surface area contributed by atoms with Crippen LogP contribution in [0.15, 0.2) is 33.9 Å².